The van der Waals surface area contributed by atoms with E-state index in [0.29, 0.717) is 6.42 Å². The number of hydrogen-bond acceptors (Lipinski definition) is 2. The van der Waals surface area contributed by atoms with Crippen molar-refractivity contribution < 1.29 is 13.2 Å². The van der Waals surface area contributed by atoms with Crippen LogP contribution in [0.4, 0.5) is 13.2 Å². The minimum Gasteiger partial charge on any atom is -0.271 e. The molecule has 1 rings (SSSR count). The first kappa shape index (κ1) is 14.0. The van der Waals surface area contributed by atoms with Crippen molar-refractivity contribution in [1.82, 2.24) is 5.43 Å². The summed E-state index contributed by atoms with van der Waals surface area (Å²) in [5, 5.41) is 0. The molecule has 0 aliphatic carbocycles. The topological polar surface area (TPSA) is 38.0 Å². The average Bonchev–Trinajstić information content (AvgIpc) is 2.25. The second-order valence-electron chi connectivity index (χ2n) is 4.15. The molecule has 0 aromatic heterocycles. The molecule has 1 aromatic rings. The van der Waals surface area contributed by atoms with E-state index in [-0.39, 0.29) is 12.5 Å². The number of nitrogens with two attached hydrogens (primary N) is 1. The number of hydrogen-bond donors (Lipinski definition) is 2. The second-order valence-corrected chi connectivity index (χ2v) is 4.15. The molecule has 5 heteroatoms. The third kappa shape index (κ3) is 5.19. The molecule has 17 heavy (non-hydrogen) atoms. The maximum Gasteiger partial charge on any atom is 0.389 e. The van der Waals surface area contributed by atoms with E-state index in [9.17, 15) is 13.2 Å². The average molecular weight is 246 g/mol. The van der Waals surface area contributed by atoms with E-state index < -0.39 is 12.6 Å². The molecule has 0 aliphatic heterocycles. The molecular weight excluding hydrogens is 229 g/mol. The van der Waals surface area contributed by atoms with Gasteiger partial charge in [0.1, 0.15) is 0 Å². The number of aryl methyl sites for hydroxylation is 1. The maximum absolute atomic E-state index is 12.1. The molecule has 0 fully saturated rings. The number of nitrogens with one attached hydrogen (secondary N) is 1. The monoisotopic (exact) mass is 246 g/mol. The summed E-state index contributed by atoms with van der Waals surface area (Å²) in [5.41, 5.74) is 4.55. The van der Waals surface area contributed by atoms with E-state index in [1.165, 1.54) is 0 Å². The van der Waals surface area contributed by atoms with Gasteiger partial charge >= 0.3 is 6.18 Å². The Bertz CT molecular complexity index is 350. The van der Waals surface area contributed by atoms with Crippen LogP contribution in [0.15, 0.2) is 24.3 Å². The predicted molar refractivity (Wildman–Crippen MR) is 61.3 cm³/mol. The molecule has 0 saturated carbocycles. The first-order valence-corrected chi connectivity index (χ1v) is 5.50. The predicted octanol–water partition coefficient (Wildman–Crippen LogP) is 2.71. The Morgan fingerprint density at radius 3 is 2.47 bits per heavy atom. The zero-order valence-electron chi connectivity index (χ0n) is 9.72. The highest BCUT2D eigenvalue weighted by molar-refractivity contribution is 5.26. The molecule has 0 amide bonds. The van der Waals surface area contributed by atoms with E-state index in [1.54, 1.807) is 0 Å². The maximum atomic E-state index is 12.1. The molecule has 0 radical (unpaired) electrons. The zero-order valence-corrected chi connectivity index (χ0v) is 9.72. The highest BCUT2D eigenvalue weighted by Crippen LogP contribution is 2.23. The van der Waals surface area contributed by atoms with Gasteiger partial charge in [-0.25, -0.2) is 0 Å². The molecule has 0 heterocycles. The zero-order chi connectivity index (χ0) is 12.9. The molecule has 0 saturated heterocycles. The van der Waals surface area contributed by atoms with E-state index in [0.717, 1.165) is 11.1 Å². The fraction of sp³-hybridized carbons (Fsp3) is 0.500. The molecule has 0 aliphatic rings. The molecule has 96 valence electrons. The highest BCUT2D eigenvalue weighted by Gasteiger charge is 2.28. The Kier molecular flexibility index (Phi) is 4.96. The molecular formula is C12H17F3N2. The SMILES string of the molecule is Cc1ccccc1CC(CCC(F)(F)F)NN. The third-order valence-electron chi connectivity index (χ3n) is 2.74. The third-order valence-corrected chi connectivity index (χ3v) is 2.74. The minimum absolute atomic E-state index is 0.00562. The van der Waals surface area contributed by atoms with Crippen LogP contribution in [0.25, 0.3) is 0 Å². The first-order valence-electron chi connectivity index (χ1n) is 5.50. The van der Waals surface area contributed by atoms with Crippen molar-refractivity contribution in [2.24, 2.45) is 5.84 Å². The van der Waals surface area contributed by atoms with Gasteiger partial charge in [0.2, 0.25) is 0 Å². The molecule has 3 N–H and O–H groups in total. The summed E-state index contributed by atoms with van der Waals surface area (Å²) in [5.74, 6) is 5.28. The van der Waals surface area contributed by atoms with Crippen LogP contribution >= 0.6 is 0 Å². The van der Waals surface area contributed by atoms with Gasteiger partial charge < -0.3 is 0 Å². The van der Waals surface area contributed by atoms with E-state index in [2.05, 4.69) is 5.43 Å². The van der Waals surface area contributed by atoms with Gasteiger partial charge in [0.05, 0.1) is 0 Å². The highest BCUT2D eigenvalue weighted by atomic mass is 19.4. The molecule has 1 aromatic carbocycles. The van der Waals surface area contributed by atoms with Crippen LogP contribution in [0.3, 0.4) is 0 Å². The second kappa shape index (κ2) is 6.02. The molecule has 2 nitrogen and oxygen atoms in total. The number of hydrazine groups is 1. The summed E-state index contributed by atoms with van der Waals surface area (Å²) in [6, 6.07) is 7.27. The smallest absolute Gasteiger partial charge is 0.271 e. The normalized spacial score (nSPS) is 13.7. The van der Waals surface area contributed by atoms with Crippen LogP contribution in [0.1, 0.15) is 24.0 Å². The molecule has 1 atom stereocenters. The number of benzene rings is 1. The standard InChI is InChI=1S/C12H17F3N2/c1-9-4-2-3-5-10(9)8-11(17-16)6-7-12(13,14)15/h2-5,11,17H,6-8,16H2,1H3. The molecule has 0 bridgehead atoms. The number of alkyl halides is 3. The summed E-state index contributed by atoms with van der Waals surface area (Å²) in [6.07, 6.45) is -4.43. The van der Waals surface area contributed by atoms with Crippen molar-refractivity contribution in [2.45, 2.75) is 38.4 Å². The van der Waals surface area contributed by atoms with Crippen molar-refractivity contribution in [2.75, 3.05) is 0 Å². The number of rotatable bonds is 5. The Labute approximate surface area is 99.0 Å². The van der Waals surface area contributed by atoms with Gasteiger partial charge in [-0.15, -0.1) is 0 Å². The lowest BCUT2D eigenvalue weighted by Crippen LogP contribution is -2.37. The van der Waals surface area contributed by atoms with Crippen molar-refractivity contribution in [3.63, 3.8) is 0 Å². The van der Waals surface area contributed by atoms with Crippen LogP contribution < -0.4 is 11.3 Å². The van der Waals surface area contributed by atoms with Crippen molar-refractivity contribution in [3.8, 4) is 0 Å². The van der Waals surface area contributed by atoms with Crippen molar-refractivity contribution >= 4 is 0 Å². The number of halogens is 3. The summed E-state index contributed by atoms with van der Waals surface area (Å²) < 4.78 is 36.3. The Balaban J connectivity index is 2.56. The fourth-order valence-electron chi connectivity index (χ4n) is 1.69. The van der Waals surface area contributed by atoms with Crippen LogP contribution in [0.5, 0.6) is 0 Å². The van der Waals surface area contributed by atoms with Crippen LogP contribution in [-0.4, -0.2) is 12.2 Å². The fourth-order valence-corrected chi connectivity index (χ4v) is 1.69. The summed E-state index contributed by atoms with van der Waals surface area (Å²) in [4.78, 5) is 0. The Morgan fingerprint density at radius 1 is 1.29 bits per heavy atom. The van der Waals surface area contributed by atoms with E-state index in [1.807, 2.05) is 31.2 Å². The summed E-state index contributed by atoms with van der Waals surface area (Å²) >= 11 is 0. The minimum atomic E-state index is -4.12. The van der Waals surface area contributed by atoms with Crippen LogP contribution in [-0.2, 0) is 6.42 Å². The lowest BCUT2D eigenvalue weighted by atomic mass is 9.98. The summed E-state index contributed by atoms with van der Waals surface area (Å²) in [7, 11) is 0. The first-order chi connectivity index (χ1) is 7.92. The van der Waals surface area contributed by atoms with Gasteiger partial charge in [-0.2, -0.15) is 13.2 Å². The van der Waals surface area contributed by atoms with E-state index >= 15 is 0 Å². The lowest BCUT2D eigenvalue weighted by molar-refractivity contribution is -0.136. The largest absolute Gasteiger partial charge is 0.389 e. The Morgan fingerprint density at radius 2 is 1.94 bits per heavy atom. The van der Waals surface area contributed by atoms with Crippen molar-refractivity contribution in [1.29, 1.82) is 0 Å². The van der Waals surface area contributed by atoms with Crippen molar-refractivity contribution in [3.05, 3.63) is 35.4 Å². The Hall–Kier alpha value is -1.07. The lowest BCUT2D eigenvalue weighted by Gasteiger charge is -2.18. The molecule has 0 spiro atoms. The van der Waals surface area contributed by atoms with Gasteiger partial charge in [-0.05, 0) is 30.9 Å². The molecule has 1 unspecified atom stereocenters. The van der Waals surface area contributed by atoms with Gasteiger partial charge in [-0.3, -0.25) is 11.3 Å². The quantitative estimate of drug-likeness (QED) is 0.619. The van der Waals surface area contributed by atoms with Gasteiger partial charge in [-0.1, -0.05) is 24.3 Å². The van der Waals surface area contributed by atoms with Gasteiger partial charge in [0, 0.05) is 12.5 Å². The van der Waals surface area contributed by atoms with E-state index in [4.69, 9.17) is 5.84 Å². The summed E-state index contributed by atoms with van der Waals surface area (Å²) in [6.45, 7) is 1.94. The van der Waals surface area contributed by atoms with Crippen LogP contribution in [0, 0.1) is 6.92 Å². The van der Waals surface area contributed by atoms with Gasteiger partial charge in [0.15, 0.2) is 0 Å². The van der Waals surface area contributed by atoms with Gasteiger partial charge in [0.25, 0.3) is 0 Å². The van der Waals surface area contributed by atoms with Crippen LogP contribution in [0.2, 0.25) is 0 Å².